The Morgan fingerprint density at radius 2 is 2.22 bits per heavy atom. The van der Waals surface area contributed by atoms with Crippen LogP contribution >= 0.6 is 28.3 Å². The third-order valence-electron chi connectivity index (χ3n) is 4.03. The molecule has 1 unspecified atom stereocenters. The lowest BCUT2D eigenvalue weighted by Crippen LogP contribution is -2.13. The molecule has 27 heavy (non-hydrogen) atoms. The van der Waals surface area contributed by atoms with Gasteiger partial charge in [-0.25, -0.2) is 14.4 Å². The van der Waals surface area contributed by atoms with Gasteiger partial charge in [0.1, 0.15) is 5.82 Å². The second-order valence-electron chi connectivity index (χ2n) is 5.85. The van der Waals surface area contributed by atoms with Gasteiger partial charge in [-0.3, -0.25) is 4.79 Å². The fraction of sp³-hybridized carbons (Fsp3) is 0.389. The monoisotopic (exact) mass is 460 g/mol. The number of primary amides is 1. The van der Waals surface area contributed by atoms with Crippen LogP contribution in [0.1, 0.15) is 42.7 Å². The van der Waals surface area contributed by atoms with Crippen LogP contribution in [-0.4, -0.2) is 28.6 Å². The minimum atomic E-state index is -0.805. The minimum absolute atomic E-state index is 0. The number of rotatable bonds is 6. The van der Waals surface area contributed by atoms with Crippen LogP contribution in [0.2, 0.25) is 0 Å². The summed E-state index contributed by atoms with van der Waals surface area (Å²) in [5, 5.41) is 2.94. The van der Waals surface area contributed by atoms with E-state index in [9.17, 15) is 9.18 Å². The molecule has 1 amide bonds. The second kappa shape index (κ2) is 10.5. The summed E-state index contributed by atoms with van der Waals surface area (Å²) in [4.78, 5) is 19.7. The lowest BCUT2D eigenvalue weighted by molar-refractivity contribution is 0.0996. The summed E-state index contributed by atoms with van der Waals surface area (Å²) in [6, 6.07) is 4.08. The number of hydrogen-bond donors (Lipinski definition) is 2. The Bertz CT molecular complexity index is 788. The molecule has 1 aromatic carbocycles. The number of nitrogens with one attached hydrogen (secondary N) is 1. The van der Waals surface area contributed by atoms with E-state index in [-0.39, 0.29) is 31.5 Å². The highest BCUT2D eigenvalue weighted by Crippen LogP contribution is 2.23. The highest BCUT2D eigenvalue weighted by Gasteiger charge is 2.17. The van der Waals surface area contributed by atoms with Gasteiger partial charge in [0.25, 0.3) is 5.91 Å². The smallest absolute Gasteiger partial charge is 0.251 e. The average molecular weight is 462 g/mol. The zero-order valence-electron chi connectivity index (χ0n) is 13.9. The van der Waals surface area contributed by atoms with E-state index in [2.05, 4.69) is 31.2 Å². The summed E-state index contributed by atoms with van der Waals surface area (Å²) in [5.74, 6) is -1.13. The largest absolute Gasteiger partial charge is 0.378 e. The lowest BCUT2D eigenvalue weighted by atomic mass is 10.1. The van der Waals surface area contributed by atoms with E-state index in [1.807, 2.05) is 0 Å². The molecule has 9 heteroatoms. The molecule has 1 fully saturated rings. The molecule has 0 saturated carbocycles. The topological polar surface area (TPSA) is 90.1 Å². The predicted octanol–water partition coefficient (Wildman–Crippen LogP) is 4.39. The molecule has 0 spiro atoms. The first-order valence-corrected chi connectivity index (χ1v) is 8.81. The lowest BCUT2D eigenvalue weighted by Gasteiger charge is -2.11. The fourth-order valence-corrected chi connectivity index (χ4v) is 3.12. The van der Waals surface area contributed by atoms with Crippen molar-refractivity contribution in [3.05, 3.63) is 45.9 Å². The molecule has 2 heterocycles. The Hall–Kier alpha value is -1.77. The molecule has 0 aliphatic carbocycles. The van der Waals surface area contributed by atoms with Crippen molar-refractivity contribution in [2.75, 3.05) is 11.9 Å². The van der Waals surface area contributed by atoms with E-state index in [0.717, 1.165) is 42.5 Å². The van der Waals surface area contributed by atoms with Crippen molar-refractivity contribution in [3.63, 3.8) is 0 Å². The molecule has 1 saturated heterocycles. The van der Waals surface area contributed by atoms with Gasteiger partial charge < -0.3 is 15.8 Å². The van der Waals surface area contributed by atoms with Crippen LogP contribution in [-0.2, 0) is 11.2 Å². The SMILES string of the molecule is C.Cl.NC(=O)c1ccc(Nc2ncc(Br)c(CCC3CCCO3)n2)cc1F. The zero-order valence-corrected chi connectivity index (χ0v) is 16.3. The van der Waals surface area contributed by atoms with Crippen LogP contribution in [0.3, 0.4) is 0 Å². The van der Waals surface area contributed by atoms with Crippen LogP contribution in [0.25, 0.3) is 0 Å². The average Bonchev–Trinajstić information content (AvgIpc) is 3.08. The number of hydrogen-bond acceptors (Lipinski definition) is 5. The maximum atomic E-state index is 13.8. The molecule has 1 aliphatic heterocycles. The number of nitrogens with zero attached hydrogens (tertiary/aromatic N) is 2. The molecule has 0 bridgehead atoms. The Morgan fingerprint density at radius 3 is 2.85 bits per heavy atom. The molecule has 1 atom stereocenters. The molecule has 148 valence electrons. The molecular formula is C18H23BrClFN4O2. The Labute approximate surface area is 172 Å². The number of anilines is 2. The predicted molar refractivity (Wildman–Crippen MR) is 109 cm³/mol. The van der Waals surface area contributed by atoms with Crippen LogP contribution in [0, 0.1) is 5.82 Å². The first-order chi connectivity index (χ1) is 12.0. The van der Waals surface area contributed by atoms with Crippen LogP contribution in [0.4, 0.5) is 16.0 Å². The summed E-state index contributed by atoms with van der Waals surface area (Å²) < 4.78 is 20.3. The third kappa shape index (κ3) is 6.12. The number of amides is 1. The van der Waals surface area contributed by atoms with Crippen molar-refractivity contribution in [1.82, 2.24) is 9.97 Å². The van der Waals surface area contributed by atoms with Gasteiger partial charge in [-0.15, -0.1) is 12.4 Å². The number of benzene rings is 1. The van der Waals surface area contributed by atoms with E-state index in [1.54, 1.807) is 12.3 Å². The quantitative estimate of drug-likeness (QED) is 0.666. The first kappa shape index (κ1) is 23.3. The van der Waals surface area contributed by atoms with Gasteiger partial charge in [0.15, 0.2) is 0 Å². The number of carbonyl (C=O) groups excluding carboxylic acids is 1. The van der Waals surface area contributed by atoms with Gasteiger partial charge in [-0.1, -0.05) is 7.43 Å². The van der Waals surface area contributed by atoms with Crippen molar-refractivity contribution >= 4 is 45.9 Å². The summed E-state index contributed by atoms with van der Waals surface area (Å²) in [7, 11) is 0. The highest BCUT2D eigenvalue weighted by atomic mass is 79.9. The summed E-state index contributed by atoms with van der Waals surface area (Å²) in [6.07, 6.45) is 5.80. The summed E-state index contributed by atoms with van der Waals surface area (Å²) >= 11 is 3.46. The Kier molecular flexibility index (Phi) is 9.08. The number of carbonyl (C=O) groups is 1. The number of aryl methyl sites for hydroxylation is 1. The van der Waals surface area contributed by atoms with E-state index >= 15 is 0 Å². The third-order valence-corrected chi connectivity index (χ3v) is 4.70. The Morgan fingerprint density at radius 1 is 1.44 bits per heavy atom. The van der Waals surface area contributed by atoms with Crippen molar-refractivity contribution in [1.29, 1.82) is 0 Å². The second-order valence-corrected chi connectivity index (χ2v) is 6.70. The maximum Gasteiger partial charge on any atom is 0.251 e. The fourth-order valence-electron chi connectivity index (χ4n) is 2.73. The zero-order chi connectivity index (χ0) is 17.8. The molecule has 1 aliphatic rings. The van der Waals surface area contributed by atoms with Gasteiger partial charge in [0.2, 0.25) is 5.95 Å². The summed E-state index contributed by atoms with van der Waals surface area (Å²) in [6.45, 7) is 0.829. The van der Waals surface area contributed by atoms with E-state index < -0.39 is 11.7 Å². The molecule has 0 radical (unpaired) electrons. The van der Waals surface area contributed by atoms with Gasteiger partial charge in [-0.2, -0.15) is 0 Å². The van der Waals surface area contributed by atoms with Crippen molar-refractivity contribution in [3.8, 4) is 0 Å². The minimum Gasteiger partial charge on any atom is -0.378 e. The van der Waals surface area contributed by atoms with Crippen LogP contribution < -0.4 is 11.1 Å². The van der Waals surface area contributed by atoms with Gasteiger partial charge in [0, 0.05) is 18.5 Å². The normalized spacial score (nSPS) is 15.6. The van der Waals surface area contributed by atoms with Gasteiger partial charge in [0.05, 0.1) is 21.8 Å². The van der Waals surface area contributed by atoms with Gasteiger partial charge >= 0.3 is 0 Å². The van der Waals surface area contributed by atoms with Crippen molar-refractivity contribution in [2.24, 2.45) is 5.73 Å². The molecular weight excluding hydrogens is 439 g/mol. The summed E-state index contributed by atoms with van der Waals surface area (Å²) in [5.41, 5.74) is 6.25. The van der Waals surface area contributed by atoms with Crippen molar-refractivity contribution < 1.29 is 13.9 Å². The van der Waals surface area contributed by atoms with Crippen molar-refractivity contribution in [2.45, 2.75) is 39.2 Å². The first-order valence-electron chi connectivity index (χ1n) is 8.02. The molecule has 2 aromatic rings. The number of halogens is 3. The maximum absolute atomic E-state index is 13.8. The van der Waals surface area contributed by atoms with E-state index in [0.29, 0.717) is 11.6 Å². The van der Waals surface area contributed by atoms with E-state index in [4.69, 9.17) is 10.5 Å². The van der Waals surface area contributed by atoms with Crippen LogP contribution in [0.5, 0.6) is 0 Å². The molecule has 3 N–H and O–H groups in total. The number of nitrogens with two attached hydrogens (primary N) is 1. The van der Waals surface area contributed by atoms with Crippen LogP contribution in [0.15, 0.2) is 28.9 Å². The Balaban J connectivity index is 0.00000182. The van der Waals surface area contributed by atoms with E-state index in [1.165, 1.54) is 12.1 Å². The van der Waals surface area contributed by atoms with Gasteiger partial charge in [-0.05, 0) is 59.8 Å². The number of aromatic nitrogens is 2. The number of ether oxygens (including phenoxy) is 1. The highest BCUT2D eigenvalue weighted by molar-refractivity contribution is 9.10. The molecule has 1 aromatic heterocycles. The molecule has 6 nitrogen and oxygen atoms in total. The standard InChI is InChI=1S/C17H18BrFN4O2.CH4.ClH/c18-13-9-21-17(23-15(13)6-4-11-2-1-7-25-11)22-10-3-5-12(16(20)24)14(19)8-10;;/h3,5,8-9,11H,1-2,4,6-7H2,(H2,20,24)(H,21,22,23);1H4;1H. The molecule has 3 rings (SSSR count).